The summed E-state index contributed by atoms with van der Waals surface area (Å²) >= 11 is 1.56. The van der Waals surface area contributed by atoms with Crippen molar-refractivity contribution < 1.29 is 19.1 Å². The van der Waals surface area contributed by atoms with Gasteiger partial charge in [0.05, 0.1) is 6.54 Å². The first-order chi connectivity index (χ1) is 11.9. The molecule has 0 fully saturated rings. The molecular weight excluding hydrogens is 338 g/mol. The molecule has 134 valence electrons. The first-order valence-electron chi connectivity index (χ1n) is 8.07. The van der Waals surface area contributed by atoms with Crippen molar-refractivity contribution in [2.24, 2.45) is 0 Å². The third kappa shape index (κ3) is 5.60. The normalized spacial score (nSPS) is 11.7. The summed E-state index contributed by atoms with van der Waals surface area (Å²) in [5, 5.41) is 4.68. The number of esters is 1. The fraction of sp³-hybridized carbons (Fsp3) is 0.368. The van der Waals surface area contributed by atoms with Crippen LogP contribution in [0, 0.1) is 20.8 Å². The molecule has 0 aliphatic carbocycles. The monoisotopic (exact) mass is 361 g/mol. The molecule has 1 aromatic carbocycles. The Labute approximate surface area is 152 Å². The highest BCUT2D eigenvalue weighted by Crippen LogP contribution is 2.24. The van der Waals surface area contributed by atoms with Gasteiger partial charge in [-0.2, -0.15) is 0 Å². The van der Waals surface area contributed by atoms with Crippen LogP contribution in [-0.4, -0.2) is 24.6 Å². The fourth-order valence-electron chi connectivity index (χ4n) is 2.54. The minimum Gasteiger partial charge on any atom is -0.481 e. The van der Waals surface area contributed by atoms with Gasteiger partial charge in [-0.25, -0.2) is 4.79 Å². The van der Waals surface area contributed by atoms with Crippen molar-refractivity contribution in [3.05, 3.63) is 51.2 Å². The maximum atomic E-state index is 12.0. The molecule has 0 aliphatic rings. The number of benzene rings is 1. The van der Waals surface area contributed by atoms with Crippen LogP contribution in [0.4, 0.5) is 0 Å². The van der Waals surface area contributed by atoms with Gasteiger partial charge in [0, 0.05) is 4.88 Å². The molecule has 25 heavy (non-hydrogen) atoms. The highest BCUT2D eigenvalue weighted by Gasteiger charge is 2.18. The zero-order chi connectivity index (χ0) is 18.4. The molecule has 0 radical (unpaired) electrons. The molecule has 1 N–H and O–H groups in total. The first kappa shape index (κ1) is 19.0. The van der Waals surface area contributed by atoms with Gasteiger partial charge in [-0.05, 0) is 50.3 Å². The number of thiophene rings is 1. The van der Waals surface area contributed by atoms with E-state index in [1.165, 1.54) is 0 Å². The van der Waals surface area contributed by atoms with Gasteiger partial charge in [0.1, 0.15) is 5.75 Å². The zero-order valence-electron chi connectivity index (χ0n) is 14.9. The molecule has 6 heteroatoms. The second-order valence-electron chi connectivity index (χ2n) is 5.95. The Hall–Kier alpha value is -2.34. The van der Waals surface area contributed by atoms with E-state index in [9.17, 15) is 9.59 Å². The first-order valence-corrected chi connectivity index (χ1v) is 8.95. The van der Waals surface area contributed by atoms with Gasteiger partial charge in [-0.1, -0.05) is 23.8 Å². The average molecular weight is 361 g/mol. The maximum absolute atomic E-state index is 12.0. The van der Waals surface area contributed by atoms with Crippen LogP contribution in [0.15, 0.2) is 29.6 Å². The Kier molecular flexibility index (Phi) is 6.58. The molecule has 0 bridgehead atoms. The molecule has 5 nitrogen and oxygen atoms in total. The Morgan fingerprint density at radius 3 is 2.48 bits per heavy atom. The summed E-state index contributed by atoms with van der Waals surface area (Å²) in [7, 11) is 0. The minimum absolute atomic E-state index is 0.229. The molecule has 0 aliphatic heterocycles. The molecule has 0 saturated heterocycles. The summed E-state index contributed by atoms with van der Waals surface area (Å²) in [4.78, 5) is 24.9. The Bertz CT molecular complexity index is 717. The molecule has 0 saturated carbocycles. The van der Waals surface area contributed by atoms with Crippen molar-refractivity contribution in [3.63, 3.8) is 0 Å². The highest BCUT2D eigenvalue weighted by molar-refractivity contribution is 7.09. The van der Waals surface area contributed by atoms with Crippen molar-refractivity contribution in [2.75, 3.05) is 6.61 Å². The number of carbonyl (C=O) groups is 2. The average Bonchev–Trinajstić information content (AvgIpc) is 3.04. The van der Waals surface area contributed by atoms with Crippen LogP contribution in [0.1, 0.15) is 28.5 Å². The van der Waals surface area contributed by atoms with Crippen molar-refractivity contribution in [1.82, 2.24) is 5.32 Å². The van der Waals surface area contributed by atoms with E-state index < -0.39 is 12.1 Å². The van der Waals surface area contributed by atoms with E-state index in [1.54, 1.807) is 18.3 Å². The van der Waals surface area contributed by atoms with Gasteiger partial charge in [0.2, 0.25) is 0 Å². The smallest absolute Gasteiger partial charge is 0.344 e. The fourth-order valence-corrected chi connectivity index (χ4v) is 3.19. The predicted octanol–water partition coefficient (Wildman–Crippen LogP) is 3.30. The summed E-state index contributed by atoms with van der Waals surface area (Å²) < 4.78 is 10.7. The van der Waals surface area contributed by atoms with Crippen molar-refractivity contribution in [1.29, 1.82) is 0 Å². The molecule has 0 spiro atoms. The van der Waals surface area contributed by atoms with E-state index in [0.717, 1.165) is 21.6 Å². The van der Waals surface area contributed by atoms with Gasteiger partial charge in [-0.3, -0.25) is 4.79 Å². The largest absolute Gasteiger partial charge is 0.481 e. The van der Waals surface area contributed by atoms with E-state index in [0.29, 0.717) is 12.3 Å². The minimum atomic E-state index is -0.865. The summed E-state index contributed by atoms with van der Waals surface area (Å²) in [6.45, 7) is 7.62. The number of carbonyl (C=O) groups excluding carboxylic acids is 2. The van der Waals surface area contributed by atoms with Crippen LogP contribution < -0.4 is 10.1 Å². The molecular formula is C19H23NO4S. The highest BCUT2D eigenvalue weighted by atomic mass is 32.1. The lowest BCUT2D eigenvalue weighted by Gasteiger charge is -2.15. The number of hydrogen-bond donors (Lipinski definition) is 1. The molecule has 2 aromatic rings. The number of hydrogen-bond acceptors (Lipinski definition) is 5. The quantitative estimate of drug-likeness (QED) is 0.769. The Morgan fingerprint density at radius 1 is 1.20 bits per heavy atom. The second-order valence-corrected chi connectivity index (χ2v) is 6.98. The summed E-state index contributed by atoms with van der Waals surface area (Å²) in [5.74, 6) is -0.222. The van der Waals surface area contributed by atoms with Crippen LogP contribution in [0.3, 0.4) is 0 Å². The van der Waals surface area contributed by atoms with Crippen molar-refractivity contribution in [3.8, 4) is 5.75 Å². The maximum Gasteiger partial charge on any atom is 0.344 e. The number of aryl methyl sites for hydroxylation is 3. The van der Waals surface area contributed by atoms with Crippen LogP contribution in [0.25, 0.3) is 0 Å². The number of amides is 1. The molecule has 1 aromatic heterocycles. The lowest BCUT2D eigenvalue weighted by molar-refractivity contribution is -0.156. The summed E-state index contributed by atoms with van der Waals surface area (Å²) in [6, 6.07) is 7.84. The summed E-state index contributed by atoms with van der Waals surface area (Å²) in [6.07, 6.45) is -0.865. The van der Waals surface area contributed by atoms with E-state index in [1.807, 2.05) is 50.4 Å². The van der Waals surface area contributed by atoms with Gasteiger partial charge in [0.25, 0.3) is 5.91 Å². The van der Waals surface area contributed by atoms with E-state index in [4.69, 9.17) is 9.47 Å². The third-order valence-electron chi connectivity index (χ3n) is 3.63. The third-order valence-corrected chi connectivity index (χ3v) is 4.51. The number of ether oxygens (including phenoxy) is 2. The van der Waals surface area contributed by atoms with Crippen LogP contribution in [0.5, 0.6) is 5.75 Å². The van der Waals surface area contributed by atoms with Crippen LogP contribution >= 0.6 is 11.3 Å². The van der Waals surface area contributed by atoms with Crippen molar-refractivity contribution in [2.45, 2.75) is 40.3 Å². The second kappa shape index (κ2) is 8.67. The van der Waals surface area contributed by atoms with Gasteiger partial charge in [0.15, 0.2) is 12.7 Å². The standard InChI is InChI=1S/C19H23NO4S/c1-12-8-13(2)18(14(3)9-12)23-11-17(21)24-15(4)19(22)20-10-16-6-5-7-25-16/h5-9,15H,10-11H2,1-4H3,(H,20,22)/t15-/m1/s1. The van der Waals surface area contributed by atoms with Crippen molar-refractivity contribution >= 4 is 23.2 Å². The lowest BCUT2D eigenvalue weighted by Crippen LogP contribution is -2.36. The lowest BCUT2D eigenvalue weighted by atomic mass is 10.1. The van der Waals surface area contributed by atoms with E-state index in [-0.39, 0.29) is 12.5 Å². The van der Waals surface area contributed by atoms with Crippen LogP contribution in [-0.2, 0) is 20.9 Å². The van der Waals surface area contributed by atoms with Crippen LogP contribution in [0.2, 0.25) is 0 Å². The van der Waals surface area contributed by atoms with Gasteiger partial charge in [-0.15, -0.1) is 11.3 Å². The summed E-state index contributed by atoms with van der Waals surface area (Å²) in [5.41, 5.74) is 3.07. The molecule has 2 rings (SSSR count). The molecule has 1 heterocycles. The van der Waals surface area contributed by atoms with Gasteiger partial charge < -0.3 is 14.8 Å². The number of nitrogens with one attached hydrogen (secondary N) is 1. The van der Waals surface area contributed by atoms with E-state index in [2.05, 4.69) is 5.32 Å². The Balaban J connectivity index is 1.80. The molecule has 0 unspecified atom stereocenters. The topological polar surface area (TPSA) is 64.6 Å². The van der Waals surface area contributed by atoms with E-state index >= 15 is 0 Å². The van der Waals surface area contributed by atoms with Gasteiger partial charge >= 0.3 is 5.97 Å². The predicted molar refractivity (Wildman–Crippen MR) is 97.9 cm³/mol. The number of rotatable bonds is 7. The SMILES string of the molecule is Cc1cc(C)c(OCC(=O)O[C@H](C)C(=O)NCc2cccs2)c(C)c1. The molecule has 1 atom stereocenters. The zero-order valence-corrected chi connectivity index (χ0v) is 15.7. The Morgan fingerprint density at radius 2 is 1.88 bits per heavy atom. The molecule has 1 amide bonds.